The highest BCUT2D eigenvalue weighted by molar-refractivity contribution is 6.31. The van der Waals surface area contributed by atoms with Gasteiger partial charge in [-0.3, -0.25) is 4.68 Å². The summed E-state index contributed by atoms with van der Waals surface area (Å²) in [6.45, 7) is 1.25. The number of carbonyl (C=O) groups is 1. The van der Waals surface area contributed by atoms with Crippen molar-refractivity contribution < 1.29 is 14.6 Å². The first kappa shape index (κ1) is 14.0. The summed E-state index contributed by atoms with van der Waals surface area (Å²) in [6, 6.07) is 0. The molecule has 1 heterocycles. The van der Waals surface area contributed by atoms with Crippen LogP contribution in [0.2, 0.25) is 5.02 Å². The van der Waals surface area contributed by atoms with Gasteiger partial charge in [-0.2, -0.15) is 5.10 Å². The van der Waals surface area contributed by atoms with E-state index in [0.29, 0.717) is 6.54 Å². The number of aliphatic hydroxyl groups is 1. The molecule has 0 saturated carbocycles. The third kappa shape index (κ3) is 3.42. The predicted octanol–water partition coefficient (Wildman–Crippen LogP) is 0.304. The molecule has 1 rings (SSSR count). The van der Waals surface area contributed by atoms with Crippen molar-refractivity contribution in [1.29, 1.82) is 0 Å². The van der Waals surface area contributed by atoms with Gasteiger partial charge in [0.1, 0.15) is 0 Å². The second-order valence-corrected chi connectivity index (χ2v) is 4.24. The van der Waals surface area contributed by atoms with Crippen molar-refractivity contribution in [3.05, 3.63) is 16.9 Å². The van der Waals surface area contributed by atoms with Crippen LogP contribution < -0.4 is 0 Å². The molecule has 0 aliphatic rings. The van der Waals surface area contributed by atoms with Crippen LogP contribution in [0.5, 0.6) is 0 Å². The zero-order valence-corrected chi connectivity index (χ0v) is 10.8. The van der Waals surface area contributed by atoms with Gasteiger partial charge in [0, 0.05) is 6.54 Å². The van der Waals surface area contributed by atoms with E-state index < -0.39 is 12.1 Å². The van der Waals surface area contributed by atoms with Gasteiger partial charge in [0.2, 0.25) is 0 Å². The molecule has 1 unspecified atom stereocenters. The molecule has 6 nitrogen and oxygen atoms in total. The van der Waals surface area contributed by atoms with Crippen LogP contribution in [0, 0.1) is 0 Å². The summed E-state index contributed by atoms with van der Waals surface area (Å²) in [7, 11) is 5.04. The number of halogens is 1. The van der Waals surface area contributed by atoms with Crippen molar-refractivity contribution in [2.45, 2.75) is 12.6 Å². The smallest absolute Gasteiger partial charge is 0.341 e. The first-order chi connectivity index (χ1) is 7.97. The molecule has 0 saturated heterocycles. The van der Waals surface area contributed by atoms with Crippen molar-refractivity contribution >= 4 is 17.6 Å². The Morgan fingerprint density at radius 3 is 2.88 bits per heavy atom. The number of esters is 1. The summed E-state index contributed by atoms with van der Waals surface area (Å²) < 4.78 is 5.98. The highest BCUT2D eigenvalue weighted by Crippen LogP contribution is 2.23. The van der Waals surface area contributed by atoms with Crippen molar-refractivity contribution in [3.8, 4) is 0 Å². The molecule has 96 valence electrons. The molecule has 0 bridgehead atoms. The Bertz CT molecular complexity index is 392. The number of rotatable bonds is 5. The Morgan fingerprint density at radius 1 is 1.71 bits per heavy atom. The summed E-state index contributed by atoms with van der Waals surface area (Å²) in [5.41, 5.74) is 0.264. The quantitative estimate of drug-likeness (QED) is 0.773. The molecule has 0 aliphatic heterocycles. The molecule has 1 aromatic heterocycles. The third-order valence-electron chi connectivity index (χ3n) is 2.28. The van der Waals surface area contributed by atoms with E-state index in [1.165, 1.54) is 18.0 Å². The van der Waals surface area contributed by atoms with Gasteiger partial charge < -0.3 is 14.7 Å². The van der Waals surface area contributed by atoms with Gasteiger partial charge in [0.25, 0.3) is 0 Å². The lowest BCUT2D eigenvalue weighted by atomic mass is 10.2. The molecule has 17 heavy (non-hydrogen) atoms. The maximum atomic E-state index is 11.3. The topological polar surface area (TPSA) is 67.6 Å². The van der Waals surface area contributed by atoms with Crippen LogP contribution in [-0.4, -0.2) is 53.5 Å². The van der Waals surface area contributed by atoms with Gasteiger partial charge in [-0.25, -0.2) is 4.79 Å². The first-order valence-electron chi connectivity index (χ1n) is 5.09. The fraction of sp³-hybridized carbons (Fsp3) is 0.600. The maximum absolute atomic E-state index is 11.3. The fourth-order valence-electron chi connectivity index (χ4n) is 1.34. The molecule has 1 N–H and O–H groups in total. The molecule has 0 radical (unpaired) electrons. The average Bonchev–Trinajstić information content (AvgIpc) is 2.65. The zero-order valence-electron chi connectivity index (χ0n) is 10.1. The molecule has 0 aliphatic carbocycles. The minimum absolute atomic E-state index is 0.252. The van der Waals surface area contributed by atoms with Crippen molar-refractivity contribution in [2.75, 3.05) is 27.7 Å². The van der Waals surface area contributed by atoms with Gasteiger partial charge in [-0.15, -0.1) is 0 Å². The summed E-state index contributed by atoms with van der Waals surface area (Å²) in [4.78, 5) is 13.2. The van der Waals surface area contributed by atoms with E-state index in [1.807, 2.05) is 19.0 Å². The normalized spacial score (nSPS) is 12.8. The van der Waals surface area contributed by atoms with Gasteiger partial charge in [0.05, 0.1) is 30.6 Å². The number of aromatic nitrogens is 2. The Morgan fingerprint density at radius 2 is 2.35 bits per heavy atom. The lowest BCUT2D eigenvalue weighted by molar-refractivity contribution is -0.151. The molecule has 1 aromatic rings. The molecule has 0 fully saturated rings. The van der Waals surface area contributed by atoms with E-state index in [-0.39, 0.29) is 10.7 Å². The Balaban J connectivity index is 2.89. The fourth-order valence-corrected chi connectivity index (χ4v) is 1.58. The van der Waals surface area contributed by atoms with E-state index in [4.69, 9.17) is 11.6 Å². The summed E-state index contributed by atoms with van der Waals surface area (Å²) in [5.74, 6) is -0.751. The van der Waals surface area contributed by atoms with Gasteiger partial charge in [0.15, 0.2) is 6.10 Å². The van der Waals surface area contributed by atoms with Crippen LogP contribution in [-0.2, 0) is 16.1 Å². The summed E-state index contributed by atoms with van der Waals surface area (Å²) in [6.07, 6.45) is -0.00391. The molecule has 7 heteroatoms. The van der Waals surface area contributed by atoms with Crippen LogP contribution in [0.15, 0.2) is 6.20 Å². The summed E-state index contributed by atoms with van der Waals surface area (Å²) >= 11 is 5.89. The van der Waals surface area contributed by atoms with Crippen LogP contribution in [0.1, 0.15) is 11.8 Å². The second-order valence-electron chi connectivity index (χ2n) is 3.83. The lowest BCUT2D eigenvalue weighted by Crippen LogP contribution is -2.23. The minimum atomic E-state index is -1.41. The zero-order chi connectivity index (χ0) is 13.0. The van der Waals surface area contributed by atoms with Crippen molar-refractivity contribution in [3.63, 3.8) is 0 Å². The third-order valence-corrected chi connectivity index (χ3v) is 2.57. The molecular formula is C10H16ClN3O3. The number of methoxy groups -OCH3 is 1. The van der Waals surface area contributed by atoms with E-state index in [9.17, 15) is 9.90 Å². The summed E-state index contributed by atoms with van der Waals surface area (Å²) in [5, 5.41) is 14.0. The first-order valence-corrected chi connectivity index (χ1v) is 5.47. The predicted molar refractivity (Wildman–Crippen MR) is 62.8 cm³/mol. The van der Waals surface area contributed by atoms with E-state index in [1.54, 1.807) is 0 Å². The monoisotopic (exact) mass is 261 g/mol. The highest BCUT2D eigenvalue weighted by atomic mass is 35.5. The van der Waals surface area contributed by atoms with Crippen molar-refractivity contribution in [2.24, 2.45) is 0 Å². The number of hydrogen-bond donors (Lipinski definition) is 1. The standard InChI is InChI=1S/C10H16ClN3O3/c1-13(2)4-5-14-8(7(11)6-12-14)9(15)10(16)17-3/h6,9,15H,4-5H2,1-3H3. The molecule has 0 aromatic carbocycles. The van der Waals surface area contributed by atoms with E-state index >= 15 is 0 Å². The van der Waals surface area contributed by atoms with Crippen LogP contribution in [0.3, 0.4) is 0 Å². The second kappa shape index (κ2) is 6.00. The highest BCUT2D eigenvalue weighted by Gasteiger charge is 2.25. The number of ether oxygens (including phenoxy) is 1. The minimum Gasteiger partial charge on any atom is -0.467 e. The number of nitrogens with zero attached hydrogens (tertiary/aromatic N) is 3. The number of aliphatic hydroxyl groups excluding tert-OH is 1. The maximum Gasteiger partial charge on any atom is 0.341 e. The molecule has 0 spiro atoms. The van der Waals surface area contributed by atoms with Crippen molar-refractivity contribution in [1.82, 2.24) is 14.7 Å². The van der Waals surface area contributed by atoms with Crippen LogP contribution in [0.4, 0.5) is 0 Å². The average molecular weight is 262 g/mol. The Kier molecular flexibility index (Phi) is 4.92. The number of hydrogen-bond acceptors (Lipinski definition) is 5. The van der Waals surface area contributed by atoms with Gasteiger partial charge in [-0.05, 0) is 14.1 Å². The lowest BCUT2D eigenvalue weighted by Gasteiger charge is -2.14. The number of carbonyl (C=O) groups excluding carboxylic acids is 1. The Hall–Kier alpha value is -1.11. The largest absolute Gasteiger partial charge is 0.467 e. The van der Waals surface area contributed by atoms with Gasteiger partial charge >= 0.3 is 5.97 Å². The van der Waals surface area contributed by atoms with Crippen LogP contribution >= 0.6 is 11.6 Å². The van der Waals surface area contributed by atoms with Gasteiger partial charge in [-0.1, -0.05) is 11.6 Å². The van der Waals surface area contributed by atoms with E-state index in [2.05, 4.69) is 9.84 Å². The Labute approximate surface area is 105 Å². The molecule has 0 amide bonds. The van der Waals surface area contributed by atoms with Crippen LogP contribution in [0.25, 0.3) is 0 Å². The van der Waals surface area contributed by atoms with E-state index in [0.717, 1.165) is 6.54 Å². The number of likely N-dealkylation sites (N-methyl/N-ethyl adjacent to an activating group) is 1. The molecule has 1 atom stereocenters. The molecular weight excluding hydrogens is 246 g/mol. The SMILES string of the molecule is COC(=O)C(O)c1c(Cl)cnn1CCN(C)C.